The Balaban J connectivity index is 1.27. The number of rotatable bonds is 8. The second-order valence-electron chi connectivity index (χ2n) is 11.1. The van der Waals surface area contributed by atoms with Crippen molar-refractivity contribution in [3.05, 3.63) is 69.0 Å². The Bertz CT molecular complexity index is 1420. The highest BCUT2D eigenvalue weighted by atomic mass is 32.1. The molecule has 0 radical (unpaired) electrons. The molecule has 2 aliphatic heterocycles. The maximum atomic E-state index is 11.7. The SMILES string of the molecule is CN1CCC(c2ncc(-c3cnc([N+](=O)[O-])c(OCc4cccc(C#CC(C)(C)OC5CCCCO5)c4)c3)s2)CC1. The first kappa shape index (κ1) is 29.1. The fourth-order valence-corrected chi connectivity index (χ4v) is 6.03. The first-order valence-corrected chi connectivity index (χ1v) is 14.9. The summed E-state index contributed by atoms with van der Waals surface area (Å²) >= 11 is 1.62. The summed E-state index contributed by atoms with van der Waals surface area (Å²) in [6.45, 7) is 6.85. The van der Waals surface area contributed by atoms with Crippen LogP contribution >= 0.6 is 11.3 Å². The molecule has 0 spiro atoms. The molecule has 9 nitrogen and oxygen atoms in total. The van der Waals surface area contributed by atoms with E-state index in [-0.39, 0.29) is 24.5 Å². The van der Waals surface area contributed by atoms with Crippen molar-refractivity contribution in [1.82, 2.24) is 14.9 Å². The number of piperidine rings is 1. The van der Waals surface area contributed by atoms with E-state index in [2.05, 4.69) is 33.8 Å². The molecule has 10 heteroatoms. The zero-order valence-electron chi connectivity index (χ0n) is 23.8. The number of aromatic nitrogens is 2. The van der Waals surface area contributed by atoms with E-state index >= 15 is 0 Å². The Morgan fingerprint density at radius 2 is 2.00 bits per heavy atom. The summed E-state index contributed by atoms with van der Waals surface area (Å²) < 4.78 is 17.7. The highest BCUT2D eigenvalue weighted by molar-refractivity contribution is 7.15. The standard InChI is InChI=1S/C31H36N4O5S/c1-31(2,40-28-9-4-5-16-38-28)13-10-22-7-6-8-23(17-22)21-39-26-18-25(19-32-29(26)35(36)37)27-20-33-30(41-27)24-11-14-34(3)15-12-24/h6-8,17-20,24,28H,4-5,9,11-12,14-16,21H2,1-3H3. The van der Waals surface area contributed by atoms with E-state index in [0.29, 0.717) is 5.92 Å². The molecule has 41 heavy (non-hydrogen) atoms. The van der Waals surface area contributed by atoms with Crippen molar-refractivity contribution in [3.63, 3.8) is 0 Å². The van der Waals surface area contributed by atoms with Gasteiger partial charge in [-0.05, 0) is 93.7 Å². The summed E-state index contributed by atoms with van der Waals surface area (Å²) in [4.78, 5) is 23.2. The first-order chi connectivity index (χ1) is 19.8. The summed E-state index contributed by atoms with van der Waals surface area (Å²) in [6, 6.07) is 9.32. The number of nitro groups is 1. The second-order valence-corrected chi connectivity index (χ2v) is 12.2. The summed E-state index contributed by atoms with van der Waals surface area (Å²) in [5.41, 5.74) is 1.74. The van der Waals surface area contributed by atoms with Crippen molar-refractivity contribution in [2.75, 3.05) is 26.7 Å². The Labute approximate surface area is 245 Å². The molecule has 0 saturated carbocycles. The maximum absolute atomic E-state index is 11.7. The molecule has 2 aliphatic rings. The minimum atomic E-state index is -0.662. The molecule has 3 aromatic rings. The van der Waals surface area contributed by atoms with Crippen LogP contribution in [0.1, 0.15) is 68.0 Å². The van der Waals surface area contributed by atoms with Crippen molar-refractivity contribution < 1.29 is 19.1 Å². The lowest BCUT2D eigenvalue weighted by atomic mass is 9.98. The average molecular weight is 577 g/mol. The van der Waals surface area contributed by atoms with Crippen LogP contribution in [0.3, 0.4) is 0 Å². The van der Waals surface area contributed by atoms with Crippen molar-refractivity contribution in [1.29, 1.82) is 0 Å². The molecule has 2 saturated heterocycles. The number of nitrogens with zero attached hydrogens (tertiary/aromatic N) is 4. The lowest BCUT2D eigenvalue weighted by Crippen LogP contribution is -2.33. The van der Waals surface area contributed by atoms with Crippen LogP contribution in [0.15, 0.2) is 42.7 Å². The van der Waals surface area contributed by atoms with Gasteiger partial charge in [-0.15, -0.1) is 11.3 Å². The predicted octanol–water partition coefficient (Wildman–Crippen LogP) is 6.17. The number of benzene rings is 1. The van der Waals surface area contributed by atoms with Gasteiger partial charge in [0.2, 0.25) is 5.75 Å². The molecular weight excluding hydrogens is 540 g/mol. The summed E-state index contributed by atoms with van der Waals surface area (Å²) in [5, 5.41) is 12.8. The molecule has 1 aromatic carbocycles. The Morgan fingerprint density at radius 1 is 1.17 bits per heavy atom. The molecule has 2 fully saturated rings. The van der Waals surface area contributed by atoms with Crippen LogP contribution in [0.5, 0.6) is 5.75 Å². The Kier molecular flexibility index (Phi) is 9.30. The highest BCUT2D eigenvalue weighted by Gasteiger charge is 2.25. The number of likely N-dealkylation sites (tertiary alicyclic amines) is 1. The lowest BCUT2D eigenvalue weighted by molar-refractivity contribution is -0.390. The van der Waals surface area contributed by atoms with Crippen molar-refractivity contribution >= 4 is 17.2 Å². The average Bonchev–Trinajstić information content (AvgIpc) is 3.46. The smallest absolute Gasteiger partial charge is 0.406 e. The van der Waals surface area contributed by atoms with E-state index in [1.807, 2.05) is 44.3 Å². The zero-order chi connectivity index (χ0) is 28.8. The normalized spacial score (nSPS) is 18.5. The van der Waals surface area contributed by atoms with Crippen molar-refractivity contribution in [2.45, 2.75) is 70.4 Å². The van der Waals surface area contributed by atoms with Crippen LogP contribution in [0.2, 0.25) is 0 Å². The molecule has 0 amide bonds. The third-order valence-electron chi connectivity index (χ3n) is 7.27. The molecule has 2 aromatic heterocycles. The molecule has 216 valence electrons. The number of ether oxygens (including phenoxy) is 3. The lowest BCUT2D eigenvalue weighted by Gasteiger charge is -2.29. The van der Waals surface area contributed by atoms with E-state index in [0.717, 1.165) is 78.4 Å². The van der Waals surface area contributed by atoms with E-state index < -0.39 is 10.5 Å². The summed E-state index contributed by atoms with van der Waals surface area (Å²) in [5.74, 6) is 6.65. The number of hydrogen-bond donors (Lipinski definition) is 0. The van der Waals surface area contributed by atoms with Gasteiger partial charge >= 0.3 is 5.82 Å². The van der Waals surface area contributed by atoms with Gasteiger partial charge in [-0.2, -0.15) is 0 Å². The fourth-order valence-electron chi connectivity index (χ4n) is 4.97. The maximum Gasteiger partial charge on any atom is 0.406 e. The van der Waals surface area contributed by atoms with E-state index in [9.17, 15) is 10.1 Å². The van der Waals surface area contributed by atoms with E-state index in [1.165, 1.54) is 6.20 Å². The molecule has 1 atom stereocenters. The van der Waals surface area contributed by atoms with Gasteiger partial charge in [-0.3, -0.25) is 0 Å². The molecule has 5 rings (SSSR count). The van der Waals surface area contributed by atoms with Crippen LogP contribution in [-0.4, -0.2) is 58.4 Å². The fraction of sp³-hybridized carbons (Fsp3) is 0.484. The topological polar surface area (TPSA) is 99.9 Å². The zero-order valence-corrected chi connectivity index (χ0v) is 24.6. The van der Waals surface area contributed by atoms with Gasteiger partial charge in [0.05, 0.1) is 9.88 Å². The molecule has 4 heterocycles. The second kappa shape index (κ2) is 13.1. The van der Waals surface area contributed by atoms with Gasteiger partial charge in [-0.25, -0.2) is 4.98 Å². The summed E-state index contributed by atoms with van der Waals surface area (Å²) in [7, 11) is 2.14. The largest absolute Gasteiger partial charge is 0.481 e. The molecule has 0 bridgehead atoms. The van der Waals surface area contributed by atoms with Gasteiger partial charge in [-0.1, -0.05) is 24.0 Å². The monoisotopic (exact) mass is 576 g/mol. The van der Waals surface area contributed by atoms with Crippen LogP contribution in [0.4, 0.5) is 5.82 Å². The predicted molar refractivity (Wildman–Crippen MR) is 158 cm³/mol. The third-order valence-corrected chi connectivity index (χ3v) is 8.48. The number of thiazole rings is 1. The van der Waals surface area contributed by atoms with Crippen LogP contribution in [0, 0.1) is 22.0 Å². The highest BCUT2D eigenvalue weighted by Crippen LogP contribution is 2.37. The van der Waals surface area contributed by atoms with E-state index in [4.69, 9.17) is 14.2 Å². The molecular formula is C31H36N4O5S. The molecule has 1 unspecified atom stereocenters. The number of hydrogen-bond acceptors (Lipinski definition) is 9. The minimum absolute atomic E-state index is 0.125. The summed E-state index contributed by atoms with van der Waals surface area (Å²) in [6.07, 6.45) is 8.33. The quantitative estimate of drug-likeness (QED) is 0.178. The van der Waals surface area contributed by atoms with Crippen molar-refractivity contribution in [2.24, 2.45) is 0 Å². The van der Waals surface area contributed by atoms with Crippen LogP contribution in [0.25, 0.3) is 10.4 Å². The van der Waals surface area contributed by atoms with Gasteiger partial charge in [0.15, 0.2) is 6.29 Å². The van der Waals surface area contributed by atoms with Crippen LogP contribution in [-0.2, 0) is 16.1 Å². The van der Waals surface area contributed by atoms with Gasteiger partial charge in [0.1, 0.15) is 18.4 Å². The van der Waals surface area contributed by atoms with Crippen LogP contribution < -0.4 is 4.74 Å². The van der Waals surface area contributed by atoms with Crippen molar-refractivity contribution in [3.8, 4) is 28.0 Å². The molecule has 0 aliphatic carbocycles. The Hall–Kier alpha value is -3.36. The van der Waals surface area contributed by atoms with Gasteiger partial charge < -0.3 is 29.2 Å². The third kappa shape index (κ3) is 7.89. The van der Waals surface area contributed by atoms with Gasteiger partial charge in [0.25, 0.3) is 0 Å². The van der Waals surface area contributed by atoms with Gasteiger partial charge in [0, 0.05) is 35.9 Å². The first-order valence-electron chi connectivity index (χ1n) is 14.1. The van der Waals surface area contributed by atoms with E-state index in [1.54, 1.807) is 17.4 Å². The number of pyridine rings is 1. The molecule has 0 N–H and O–H groups in total. The minimum Gasteiger partial charge on any atom is -0.481 e. The Morgan fingerprint density at radius 3 is 2.76 bits per heavy atom.